The van der Waals surface area contributed by atoms with E-state index in [0.29, 0.717) is 18.9 Å². The van der Waals surface area contributed by atoms with Gasteiger partial charge in [-0.1, -0.05) is 0 Å². The highest BCUT2D eigenvalue weighted by Gasteiger charge is 2.08. The Balaban J connectivity index is 1.63. The summed E-state index contributed by atoms with van der Waals surface area (Å²) in [4.78, 5) is 11.8. The molecule has 0 aliphatic rings. The maximum absolute atomic E-state index is 12.8. The van der Waals surface area contributed by atoms with E-state index in [-0.39, 0.29) is 17.9 Å². The highest BCUT2D eigenvalue weighted by Crippen LogP contribution is 2.11. The van der Waals surface area contributed by atoms with Crippen molar-refractivity contribution in [3.05, 3.63) is 48.0 Å². The topological polar surface area (TPSA) is 68.2 Å². The van der Waals surface area contributed by atoms with Crippen LogP contribution in [0.5, 0.6) is 5.75 Å². The third kappa shape index (κ3) is 5.98. The first-order chi connectivity index (χ1) is 11.0. The number of carbonyl (C=O) groups is 1. The van der Waals surface area contributed by atoms with Crippen LogP contribution in [-0.2, 0) is 13.5 Å². The number of halogens is 1. The van der Waals surface area contributed by atoms with E-state index in [1.807, 2.05) is 20.2 Å². The van der Waals surface area contributed by atoms with Gasteiger partial charge in [0, 0.05) is 19.8 Å². The second-order valence-corrected chi connectivity index (χ2v) is 5.34. The Hall–Kier alpha value is -2.57. The number of aromatic nitrogens is 2. The number of aryl methyl sites for hydroxylation is 1. The molecule has 0 saturated carbocycles. The predicted octanol–water partition coefficient (Wildman–Crippen LogP) is 1.87. The minimum atomic E-state index is -0.309. The van der Waals surface area contributed by atoms with Crippen LogP contribution in [0.1, 0.15) is 12.5 Å². The minimum absolute atomic E-state index is 0.168. The average molecular weight is 320 g/mol. The molecule has 0 bridgehead atoms. The number of hydrogen-bond acceptors (Lipinski definition) is 3. The molecular formula is C16H21FN4O2. The van der Waals surface area contributed by atoms with Gasteiger partial charge in [-0.05, 0) is 43.2 Å². The lowest BCUT2D eigenvalue weighted by molar-refractivity contribution is 0.226. The van der Waals surface area contributed by atoms with Gasteiger partial charge in [0.15, 0.2) is 0 Å². The van der Waals surface area contributed by atoms with E-state index in [2.05, 4.69) is 15.7 Å². The SMILES string of the molecule is C[C@@H](COc1ccc(F)cc1)NC(=O)NCCc1cnn(C)c1. The molecule has 124 valence electrons. The summed E-state index contributed by atoms with van der Waals surface area (Å²) in [5.74, 6) is 0.258. The van der Waals surface area contributed by atoms with Crippen molar-refractivity contribution in [1.29, 1.82) is 0 Å². The van der Waals surface area contributed by atoms with Gasteiger partial charge in [0.2, 0.25) is 0 Å². The third-order valence-electron chi connectivity index (χ3n) is 3.15. The number of nitrogens with one attached hydrogen (secondary N) is 2. The van der Waals surface area contributed by atoms with Crippen molar-refractivity contribution < 1.29 is 13.9 Å². The molecule has 0 radical (unpaired) electrons. The number of benzene rings is 1. The Morgan fingerprint density at radius 3 is 2.78 bits per heavy atom. The van der Waals surface area contributed by atoms with Gasteiger partial charge in [0.1, 0.15) is 18.2 Å². The molecule has 0 spiro atoms. The van der Waals surface area contributed by atoms with Crippen molar-refractivity contribution in [2.75, 3.05) is 13.2 Å². The van der Waals surface area contributed by atoms with E-state index in [1.54, 1.807) is 23.0 Å². The van der Waals surface area contributed by atoms with Crippen LogP contribution in [0.4, 0.5) is 9.18 Å². The Kier molecular flexibility index (Phi) is 5.96. The summed E-state index contributed by atoms with van der Waals surface area (Å²) in [6.45, 7) is 2.68. The quantitative estimate of drug-likeness (QED) is 0.818. The first-order valence-electron chi connectivity index (χ1n) is 7.43. The molecule has 0 fully saturated rings. The van der Waals surface area contributed by atoms with Gasteiger partial charge in [-0.15, -0.1) is 0 Å². The monoisotopic (exact) mass is 320 g/mol. The molecule has 1 atom stereocenters. The molecule has 0 aliphatic carbocycles. The van der Waals surface area contributed by atoms with Crippen molar-refractivity contribution in [3.8, 4) is 5.75 Å². The molecule has 1 aromatic heterocycles. The molecule has 2 rings (SSSR count). The number of nitrogens with zero attached hydrogens (tertiary/aromatic N) is 2. The Bertz CT molecular complexity index is 627. The number of rotatable bonds is 7. The summed E-state index contributed by atoms with van der Waals surface area (Å²) in [6.07, 6.45) is 4.42. The minimum Gasteiger partial charge on any atom is -0.491 e. The van der Waals surface area contributed by atoms with Crippen LogP contribution in [0.3, 0.4) is 0 Å². The molecular weight excluding hydrogens is 299 g/mol. The molecule has 6 nitrogen and oxygen atoms in total. The van der Waals surface area contributed by atoms with Gasteiger partial charge in [-0.25, -0.2) is 9.18 Å². The fraction of sp³-hybridized carbons (Fsp3) is 0.375. The van der Waals surface area contributed by atoms with Gasteiger partial charge >= 0.3 is 6.03 Å². The number of urea groups is 1. The highest BCUT2D eigenvalue weighted by atomic mass is 19.1. The molecule has 0 unspecified atom stereocenters. The fourth-order valence-electron chi connectivity index (χ4n) is 1.99. The Morgan fingerprint density at radius 1 is 1.39 bits per heavy atom. The lowest BCUT2D eigenvalue weighted by Gasteiger charge is -2.15. The number of amides is 2. The van der Waals surface area contributed by atoms with Crippen LogP contribution in [0.2, 0.25) is 0 Å². The van der Waals surface area contributed by atoms with Crippen LogP contribution in [0.25, 0.3) is 0 Å². The van der Waals surface area contributed by atoms with E-state index in [0.717, 1.165) is 12.0 Å². The Labute approximate surface area is 134 Å². The van der Waals surface area contributed by atoms with Gasteiger partial charge < -0.3 is 15.4 Å². The second kappa shape index (κ2) is 8.17. The predicted molar refractivity (Wildman–Crippen MR) is 84.8 cm³/mol. The number of hydrogen-bond donors (Lipinski definition) is 2. The van der Waals surface area contributed by atoms with Crippen LogP contribution >= 0.6 is 0 Å². The van der Waals surface area contributed by atoms with E-state index >= 15 is 0 Å². The molecule has 2 N–H and O–H groups in total. The summed E-state index contributed by atoms with van der Waals surface area (Å²) < 4.78 is 20.0. The van der Waals surface area contributed by atoms with Gasteiger partial charge in [-0.3, -0.25) is 4.68 Å². The largest absolute Gasteiger partial charge is 0.491 e. The van der Waals surface area contributed by atoms with Crippen LogP contribution in [-0.4, -0.2) is 35.0 Å². The summed E-state index contributed by atoms with van der Waals surface area (Å²) in [6, 6.07) is 5.35. The van der Waals surface area contributed by atoms with Crippen LogP contribution in [0.15, 0.2) is 36.7 Å². The van der Waals surface area contributed by atoms with Crippen molar-refractivity contribution in [2.45, 2.75) is 19.4 Å². The Morgan fingerprint density at radius 2 is 2.13 bits per heavy atom. The lowest BCUT2D eigenvalue weighted by Crippen LogP contribution is -2.43. The van der Waals surface area contributed by atoms with Gasteiger partial charge in [0.05, 0.1) is 12.2 Å². The maximum Gasteiger partial charge on any atom is 0.315 e. The highest BCUT2D eigenvalue weighted by molar-refractivity contribution is 5.74. The van der Waals surface area contributed by atoms with Crippen LogP contribution in [0, 0.1) is 5.82 Å². The lowest BCUT2D eigenvalue weighted by atomic mass is 10.2. The van der Waals surface area contributed by atoms with Crippen molar-refractivity contribution >= 4 is 6.03 Å². The van der Waals surface area contributed by atoms with E-state index in [9.17, 15) is 9.18 Å². The standard InChI is InChI=1S/C16H21FN4O2/c1-12(11-23-15-5-3-14(17)4-6-15)20-16(22)18-8-7-13-9-19-21(2)10-13/h3-6,9-10,12H,7-8,11H2,1-2H3,(H2,18,20,22)/t12-/m0/s1. The van der Waals surface area contributed by atoms with Gasteiger partial charge in [0.25, 0.3) is 0 Å². The summed E-state index contributed by atoms with van der Waals surface area (Å²) >= 11 is 0. The average Bonchev–Trinajstić information content (AvgIpc) is 2.92. The summed E-state index contributed by atoms with van der Waals surface area (Å²) in [5.41, 5.74) is 1.07. The maximum atomic E-state index is 12.8. The number of carbonyl (C=O) groups excluding carboxylic acids is 1. The van der Waals surface area contributed by atoms with Crippen molar-refractivity contribution in [1.82, 2.24) is 20.4 Å². The van der Waals surface area contributed by atoms with E-state index in [1.165, 1.54) is 12.1 Å². The zero-order valence-corrected chi connectivity index (χ0v) is 13.3. The van der Waals surface area contributed by atoms with Crippen molar-refractivity contribution in [3.63, 3.8) is 0 Å². The molecule has 23 heavy (non-hydrogen) atoms. The second-order valence-electron chi connectivity index (χ2n) is 5.34. The van der Waals surface area contributed by atoms with Gasteiger partial charge in [-0.2, -0.15) is 5.10 Å². The molecule has 1 aromatic carbocycles. The molecule has 0 aliphatic heterocycles. The first-order valence-corrected chi connectivity index (χ1v) is 7.43. The normalized spacial score (nSPS) is 11.8. The smallest absolute Gasteiger partial charge is 0.315 e. The molecule has 2 amide bonds. The molecule has 2 aromatic rings. The molecule has 1 heterocycles. The fourth-order valence-corrected chi connectivity index (χ4v) is 1.99. The van der Waals surface area contributed by atoms with Crippen molar-refractivity contribution in [2.24, 2.45) is 7.05 Å². The van der Waals surface area contributed by atoms with E-state index < -0.39 is 0 Å². The third-order valence-corrected chi connectivity index (χ3v) is 3.15. The number of ether oxygens (including phenoxy) is 1. The first kappa shape index (κ1) is 16.8. The van der Waals surface area contributed by atoms with Crippen LogP contribution < -0.4 is 15.4 Å². The summed E-state index contributed by atoms with van der Waals surface area (Å²) in [5, 5.41) is 9.64. The summed E-state index contributed by atoms with van der Waals surface area (Å²) in [7, 11) is 1.85. The zero-order chi connectivity index (χ0) is 16.7. The molecule has 7 heteroatoms. The van der Waals surface area contributed by atoms with E-state index in [4.69, 9.17) is 4.74 Å². The zero-order valence-electron chi connectivity index (χ0n) is 13.3. The molecule has 0 saturated heterocycles.